The maximum absolute atomic E-state index is 11.9. The smallest absolute Gasteiger partial charge is 0.226 e. The van der Waals surface area contributed by atoms with E-state index >= 15 is 0 Å². The maximum atomic E-state index is 11.9. The quantitative estimate of drug-likeness (QED) is 0.372. The molecule has 0 bridgehead atoms. The van der Waals surface area contributed by atoms with Crippen molar-refractivity contribution in [3.63, 3.8) is 0 Å². The second-order valence-corrected chi connectivity index (χ2v) is 4.67. The van der Waals surface area contributed by atoms with Crippen molar-refractivity contribution in [2.45, 2.75) is 31.8 Å². The van der Waals surface area contributed by atoms with Gasteiger partial charge < -0.3 is 5.11 Å². The van der Waals surface area contributed by atoms with Gasteiger partial charge in [0, 0.05) is 18.0 Å². The molecule has 4 heteroatoms. The normalized spacial score (nSPS) is 36.6. The molecule has 0 aliphatic carbocycles. The molecule has 0 radical (unpaired) electrons. The molecule has 0 aromatic carbocycles. The van der Waals surface area contributed by atoms with E-state index in [-0.39, 0.29) is 0 Å². The number of allylic oxidation sites excluding steroid dienone is 1. The second kappa shape index (κ2) is 3.18. The van der Waals surface area contributed by atoms with Crippen molar-refractivity contribution in [2.75, 3.05) is 0 Å². The largest absolute Gasteiger partial charge is 0.512 e. The van der Waals surface area contributed by atoms with Crippen molar-refractivity contribution < 1.29 is 21.5 Å². The Morgan fingerprint density at radius 1 is 1.69 bits per heavy atom. The molecular formula is C9H12O3S. The molecule has 1 fully saturated rings. The third-order valence-electron chi connectivity index (χ3n) is 1.43. The van der Waals surface area contributed by atoms with Gasteiger partial charge in [0.1, 0.15) is 11.3 Å². The number of ketones is 1. The highest BCUT2D eigenvalue weighted by Gasteiger charge is 2.37. The van der Waals surface area contributed by atoms with Crippen molar-refractivity contribution in [3.05, 3.63) is 11.3 Å². The van der Waals surface area contributed by atoms with Crippen LogP contribution in [-0.4, -0.2) is 20.8 Å². The van der Waals surface area contributed by atoms with Crippen LogP contribution in [-0.2, 0) is 9.59 Å². The summed E-state index contributed by atoms with van der Waals surface area (Å²) in [7, 11) is 0. The van der Waals surface area contributed by atoms with Gasteiger partial charge in [-0.1, -0.05) is 11.8 Å². The summed E-state index contributed by atoms with van der Waals surface area (Å²) >= 11 is 0.504. The monoisotopic (exact) mass is 205 g/mol. The van der Waals surface area contributed by atoms with Gasteiger partial charge in [-0.3, -0.25) is 9.59 Å². The Labute approximate surface area is 88.2 Å². The third kappa shape index (κ3) is 2.12. The summed E-state index contributed by atoms with van der Waals surface area (Å²) in [5, 5.41) is 8.53. The van der Waals surface area contributed by atoms with Gasteiger partial charge in [-0.15, -0.1) is 0 Å². The summed E-state index contributed by atoms with van der Waals surface area (Å²) in [6, 6.07) is 0. The highest BCUT2D eigenvalue weighted by Crippen LogP contribution is 2.37. The molecule has 1 saturated heterocycles. The third-order valence-corrected chi connectivity index (χ3v) is 2.43. The first-order chi connectivity index (χ1) is 7.82. The van der Waals surface area contributed by atoms with Gasteiger partial charge in [0.05, 0.1) is 0 Å². The van der Waals surface area contributed by atoms with E-state index in [1.807, 2.05) is 0 Å². The molecule has 1 aliphatic heterocycles. The summed E-state index contributed by atoms with van der Waals surface area (Å²) in [6.45, 7) is -0.272. The lowest BCUT2D eigenvalue weighted by molar-refractivity contribution is -0.119. The van der Waals surface area contributed by atoms with Crippen molar-refractivity contribution in [2.24, 2.45) is 0 Å². The Kier molecular flexibility index (Phi) is 1.27. The number of carbonyl (C=O) groups is 2. The molecule has 1 heterocycles. The van der Waals surface area contributed by atoms with Crippen LogP contribution in [0.2, 0.25) is 0 Å². The zero-order valence-electron chi connectivity index (χ0n) is 12.2. The SMILES string of the molecule is [2H]C([2H])([2H])/C(O)=C1\C(=O)SC(C)(C)C([2H])([2H])C1=O. The molecule has 72 valence electrons. The van der Waals surface area contributed by atoms with Gasteiger partial charge in [0.25, 0.3) is 0 Å². The van der Waals surface area contributed by atoms with Gasteiger partial charge in [-0.25, -0.2) is 0 Å². The lowest BCUT2D eigenvalue weighted by atomic mass is 9.99. The van der Waals surface area contributed by atoms with E-state index in [2.05, 4.69) is 0 Å². The molecule has 1 aliphatic rings. The Hall–Kier alpha value is -0.770. The number of aliphatic hydroxyl groups is 1. The predicted molar refractivity (Wildman–Crippen MR) is 51.6 cm³/mol. The minimum absolute atomic E-state index is 0.504. The Morgan fingerprint density at radius 3 is 2.85 bits per heavy atom. The van der Waals surface area contributed by atoms with Crippen LogP contribution in [0.3, 0.4) is 0 Å². The van der Waals surface area contributed by atoms with E-state index in [1.54, 1.807) is 0 Å². The summed E-state index contributed by atoms with van der Waals surface area (Å²) in [5.74, 6) is -2.63. The molecule has 0 spiro atoms. The Balaban J connectivity index is 3.44. The molecule has 0 aromatic rings. The van der Waals surface area contributed by atoms with Gasteiger partial charge >= 0.3 is 0 Å². The number of aliphatic hydroxyl groups excluding tert-OH is 1. The van der Waals surface area contributed by atoms with Crippen LogP contribution < -0.4 is 0 Å². The summed E-state index contributed by atoms with van der Waals surface area (Å²) < 4.78 is 34.9. The van der Waals surface area contributed by atoms with E-state index in [9.17, 15) is 14.7 Å². The zero-order chi connectivity index (χ0) is 14.5. The van der Waals surface area contributed by atoms with E-state index < -0.39 is 40.2 Å². The first-order valence-corrected chi connectivity index (χ1v) is 4.36. The summed E-state index contributed by atoms with van der Waals surface area (Å²) in [4.78, 5) is 23.6. The van der Waals surface area contributed by atoms with Crippen LogP contribution in [0.5, 0.6) is 0 Å². The van der Waals surface area contributed by atoms with Crippen LogP contribution in [0.1, 0.15) is 33.9 Å². The topological polar surface area (TPSA) is 54.4 Å². The lowest BCUT2D eigenvalue weighted by Crippen LogP contribution is -2.31. The average Bonchev–Trinajstić information content (AvgIpc) is 2.13. The van der Waals surface area contributed by atoms with Crippen LogP contribution in [0, 0.1) is 0 Å². The number of rotatable bonds is 0. The van der Waals surface area contributed by atoms with E-state index in [0.717, 1.165) is 0 Å². The minimum atomic E-state index is -3.02. The first kappa shape index (κ1) is 5.20. The number of hydrogen-bond acceptors (Lipinski definition) is 4. The van der Waals surface area contributed by atoms with Crippen molar-refractivity contribution in [1.82, 2.24) is 0 Å². The Morgan fingerprint density at radius 2 is 2.31 bits per heavy atom. The molecule has 0 aromatic heterocycles. The molecule has 1 N–H and O–H groups in total. The maximum Gasteiger partial charge on any atom is 0.226 e. The molecular weight excluding hydrogens is 188 g/mol. The molecule has 0 amide bonds. The highest BCUT2D eigenvalue weighted by atomic mass is 32.2. The first-order valence-electron chi connectivity index (χ1n) is 6.04. The molecule has 3 nitrogen and oxygen atoms in total. The minimum Gasteiger partial charge on any atom is -0.512 e. The Bertz CT molecular complexity index is 450. The number of hydrogen-bond donors (Lipinski definition) is 1. The second-order valence-electron chi connectivity index (χ2n) is 3.08. The van der Waals surface area contributed by atoms with Crippen molar-refractivity contribution in [3.8, 4) is 0 Å². The standard InChI is InChI=1S/C9H12O3S/c1-5(10)7-6(11)4-9(2,3)13-8(7)12/h10H,4H2,1-3H3/b7-5+/i1D3,4D2. The van der Waals surface area contributed by atoms with Crippen LogP contribution in [0.15, 0.2) is 11.3 Å². The van der Waals surface area contributed by atoms with E-state index in [0.29, 0.717) is 11.8 Å². The molecule has 0 unspecified atom stereocenters. The molecule has 1 rings (SSSR count). The van der Waals surface area contributed by atoms with Gasteiger partial charge in [0.15, 0.2) is 5.78 Å². The molecule has 13 heavy (non-hydrogen) atoms. The van der Waals surface area contributed by atoms with Gasteiger partial charge in [-0.05, 0) is 20.7 Å². The zero-order valence-corrected chi connectivity index (χ0v) is 7.99. The predicted octanol–water partition coefficient (Wildman–Crippen LogP) is 1.83. The van der Waals surface area contributed by atoms with Gasteiger partial charge in [0.2, 0.25) is 5.12 Å². The van der Waals surface area contributed by atoms with Crippen LogP contribution in [0.4, 0.5) is 0 Å². The van der Waals surface area contributed by atoms with E-state index in [4.69, 9.17) is 6.85 Å². The fourth-order valence-corrected chi connectivity index (χ4v) is 1.84. The molecule has 0 atom stereocenters. The van der Waals surface area contributed by atoms with Crippen molar-refractivity contribution in [1.29, 1.82) is 0 Å². The fourth-order valence-electron chi connectivity index (χ4n) is 0.941. The van der Waals surface area contributed by atoms with E-state index in [1.165, 1.54) is 13.8 Å². The number of Topliss-reactive ketones (excluding diaryl/α,β-unsaturated/α-hetero) is 1. The summed E-state index contributed by atoms with van der Waals surface area (Å²) in [5.41, 5.74) is -0.968. The highest BCUT2D eigenvalue weighted by molar-refractivity contribution is 8.15. The number of thioether (sulfide) groups is 1. The summed E-state index contributed by atoms with van der Waals surface area (Å²) in [6.07, 6.45) is -2.43. The number of carbonyl (C=O) groups excluding carboxylic acids is 2. The average molecular weight is 205 g/mol. The van der Waals surface area contributed by atoms with Crippen LogP contribution in [0.25, 0.3) is 0 Å². The van der Waals surface area contributed by atoms with Crippen LogP contribution >= 0.6 is 11.8 Å². The van der Waals surface area contributed by atoms with Gasteiger partial charge in [-0.2, -0.15) is 0 Å². The lowest BCUT2D eigenvalue weighted by Gasteiger charge is -2.27. The fraction of sp³-hybridized carbons (Fsp3) is 0.556. The van der Waals surface area contributed by atoms with Crippen molar-refractivity contribution >= 4 is 22.7 Å². The molecule has 0 saturated carbocycles.